The van der Waals surface area contributed by atoms with Gasteiger partial charge < -0.3 is 14.8 Å². The summed E-state index contributed by atoms with van der Waals surface area (Å²) in [5.41, 5.74) is 3.55. The van der Waals surface area contributed by atoms with Crippen molar-refractivity contribution in [2.24, 2.45) is 0 Å². The summed E-state index contributed by atoms with van der Waals surface area (Å²) in [5, 5.41) is 5.59. The topological polar surface area (TPSA) is 77.5 Å². The van der Waals surface area contributed by atoms with Crippen LogP contribution in [-0.4, -0.2) is 23.5 Å². The molecule has 0 aliphatic carbocycles. The van der Waals surface area contributed by atoms with Gasteiger partial charge in [0.15, 0.2) is 6.61 Å². The average molecular weight is 394 g/mol. The van der Waals surface area contributed by atoms with Gasteiger partial charge in [-0.3, -0.25) is 4.79 Å². The summed E-state index contributed by atoms with van der Waals surface area (Å²) in [6.07, 6.45) is 1.12. The van der Waals surface area contributed by atoms with E-state index < -0.39 is 5.97 Å². The average Bonchev–Trinajstić information content (AvgIpc) is 3.20. The molecule has 0 saturated carbocycles. The second-order valence-electron chi connectivity index (χ2n) is 6.33. The largest absolute Gasteiger partial charge is 0.482 e. The summed E-state index contributed by atoms with van der Waals surface area (Å²) >= 11 is 1.51. The third kappa shape index (κ3) is 4.37. The molecule has 0 saturated heterocycles. The Balaban J connectivity index is 1.27. The molecule has 0 spiro atoms. The molecule has 0 bridgehead atoms. The lowest BCUT2D eigenvalue weighted by molar-refractivity contribution is -0.147. The lowest BCUT2D eigenvalue weighted by Gasteiger charge is -2.17. The number of carbonyl (C=O) groups is 2. The van der Waals surface area contributed by atoms with Crippen molar-refractivity contribution in [1.29, 1.82) is 0 Å². The number of hydrogen-bond acceptors (Lipinski definition) is 6. The number of nitrogens with one attached hydrogen (secondary N) is 1. The van der Waals surface area contributed by atoms with E-state index in [0.29, 0.717) is 24.3 Å². The molecular formula is C21H18N2O4S. The smallest absolute Gasteiger partial charge is 0.344 e. The van der Waals surface area contributed by atoms with Gasteiger partial charge in [-0.15, -0.1) is 11.3 Å². The van der Waals surface area contributed by atoms with E-state index >= 15 is 0 Å². The minimum absolute atomic E-state index is 0.0159. The highest BCUT2D eigenvalue weighted by Crippen LogP contribution is 2.27. The SMILES string of the molecule is O=C1CCc2cc(OCC(=O)OCc3csc(-c4ccccc4)n3)ccc2N1. The second kappa shape index (κ2) is 8.22. The van der Waals surface area contributed by atoms with E-state index in [0.717, 1.165) is 21.8 Å². The molecule has 1 aliphatic rings. The Kier molecular flexibility index (Phi) is 5.34. The molecule has 0 radical (unpaired) electrons. The van der Waals surface area contributed by atoms with E-state index in [9.17, 15) is 9.59 Å². The highest BCUT2D eigenvalue weighted by Gasteiger charge is 2.15. The first-order chi connectivity index (χ1) is 13.7. The van der Waals surface area contributed by atoms with Crippen LogP contribution in [0.15, 0.2) is 53.9 Å². The van der Waals surface area contributed by atoms with Crippen LogP contribution in [0, 0.1) is 0 Å². The van der Waals surface area contributed by atoms with Crippen molar-refractivity contribution < 1.29 is 19.1 Å². The molecule has 2 aromatic carbocycles. The molecule has 0 atom stereocenters. The first kappa shape index (κ1) is 18.2. The molecule has 2 heterocycles. The van der Waals surface area contributed by atoms with Gasteiger partial charge in [0.1, 0.15) is 17.4 Å². The molecule has 1 N–H and O–H groups in total. The van der Waals surface area contributed by atoms with E-state index in [4.69, 9.17) is 9.47 Å². The van der Waals surface area contributed by atoms with Crippen molar-refractivity contribution >= 4 is 28.9 Å². The van der Waals surface area contributed by atoms with Gasteiger partial charge >= 0.3 is 5.97 Å². The van der Waals surface area contributed by atoms with Crippen LogP contribution in [0.3, 0.4) is 0 Å². The summed E-state index contributed by atoms with van der Waals surface area (Å²) in [7, 11) is 0. The minimum Gasteiger partial charge on any atom is -0.482 e. The van der Waals surface area contributed by atoms with Crippen LogP contribution in [0.5, 0.6) is 5.75 Å². The molecule has 28 heavy (non-hydrogen) atoms. The Labute approximate surface area is 166 Å². The lowest BCUT2D eigenvalue weighted by atomic mass is 10.0. The molecule has 4 rings (SSSR count). The van der Waals surface area contributed by atoms with Gasteiger partial charge in [-0.05, 0) is 30.2 Å². The van der Waals surface area contributed by atoms with Crippen molar-refractivity contribution in [2.75, 3.05) is 11.9 Å². The number of rotatable bonds is 6. The number of aryl methyl sites for hydroxylation is 1. The van der Waals surface area contributed by atoms with Gasteiger partial charge in [-0.2, -0.15) is 0 Å². The number of anilines is 1. The normalized spacial score (nSPS) is 12.8. The fourth-order valence-electron chi connectivity index (χ4n) is 2.87. The number of fused-ring (bicyclic) bond motifs is 1. The van der Waals surface area contributed by atoms with Crippen molar-refractivity contribution in [1.82, 2.24) is 4.98 Å². The maximum absolute atomic E-state index is 12.0. The number of nitrogens with zero attached hydrogens (tertiary/aromatic N) is 1. The predicted molar refractivity (Wildman–Crippen MR) is 106 cm³/mol. The number of ether oxygens (including phenoxy) is 2. The van der Waals surface area contributed by atoms with Crippen molar-refractivity contribution in [2.45, 2.75) is 19.4 Å². The molecule has 3 aromatic rings. The molecule has 0 fully saturated rings. The van der Waals surface area contributed by atoms with Gasteiger partial charge in [0.05, 0.1) is 5.69 Å². The fraction of sp³-hybridized carbons (Fsp3) is 0.190. The number of thiazole rings is 1. The fourth-order valence-corrected chi connectivity index (χ4v) is 3.69. The van der Waals surface area contributed by atoms with Gasteiger partial charge in [0.25, 0.3) is 0 Å². The summed E-state index contributed by atoms with van der Waals surface area (Å²) < 4.78 is 10.8. The third-order valence-corrected chi connectivity index (χ3v) is 5.22. The number of aromatic nitrogens is 1. The third-order valence-electron chi connectivity index (χ3n) is 4.28. The van der Waals surface area contributed by atoms with Crippen molar-refractivity contribution in [3.8, 4) is 16.3 Å². The summed E-state index contributed by atoms with van der Waals surface area (Å²) in [6.45, 7) is -0.0669. The molecule has 1 amide bonds. The molecule has 0 unspecified atom stereocenters. The quantitative estimate of drug-likeness (QED) is 0.643. The Hall–Kier alpha value is -3.19. The van der Waals surface area contributed by atoms with Gasteiger partial charge in [-0.1, -0.05) is 30.3 Å². The van der Waals surface area contributed by atoms with Crippen molar-refractivity contribution in [3.63, 3.8) is 0 Å². The Morgan fingerprint density at radius 1 is 1.14 bits per heavy atom. The zero-order valence-electron chi connectivity index (χ0n) is 15.0. The number of esters is 1. The summed E-state index contributed by atoms with van der Waals surface area (Å²) in [4.78, 5) is 27.8. The number of benzene rings is 2. The van der Waals surface area contributed by atoms with Gasteiger partial charge in [0.2, 0.25) is 5.91 Å². The molecule has 7 heteroatoms. The molecular weight excluding hydrogens is 376 g/mol. The highest BCUT2D eigenvalue weighted by atomic mass is 32.1. The minimum atomic E-state index is -0.458. The summed E-state index contributed by atoms with van der Waals surface area (Å²) in [6, 6.07) is 15.2. The number of carbonyl (C=O) groups excluding carboxylic acids is 2. The van der Waals surface area contributed by atoms with Crippen LogP contribution < -0.4 is 10.1 Å². The maximum Gasteiger partial charge on any atom is 0.344 e. The lowest BCUT2D eigenvalue weighted by Crippen LogP contribution is -2.19. The predicted octanol–water partition coefficient (Wildman–Crippen LogP) is 3.82. The van der Waals surface area contributed by atoms with Gasteiger partial charge in [0, 0.05) is 23.1 Å². The van der Waals surface area contributed by atoms with Crippen LogP contribution >= 0.6 is 11.3 Å². The van der Waals surface area contributed by atoms with Crippen LogP contribution in [0.1, 0.15) is 17.7 Å². The van der Waals surface area contributed by atoms with Crippen LogP contribution in [0.25, 0.3) is 10.6 Å². The second-order valence-corrected chi connectivity index (χ2v) is 7.18. The monoisotopic (exact) mass is 394 g/mol. The molecule has 1 aromatic heterocycles. The van der Waals surface area contributed by atoms with Crippen molar-refractivity contribution in [3.05, 3.63) is 65.2 Å². The first-order valence-electron chi connectivity index (χ1n) is 8.88. The molecule has 1 aliphatic heterocycles. The highest BCUT2D eigenvalue weighted by molar-refractivity contribution is 7.13. The van der Waals surface area contributed by atoms with E-state index in [2.05, 4.69) is 10.3 Å². The first-order valence-corrected chi connectivity index (χ1v) is 9.76. The van der Waals surface area contributed by atoms with Crippen LogP contribution in [0.4, 0.5) is 5.69 Å². The zero-order valence-corrected chi connectivity index (χ0v) is 15.8. The van der Waals surface area contributed by atoms with Gasteiger partial charge in [-0.25, -0.2) is 9.78 Å². The standard InChI is InChI=1S/C21H18N2O4S/c24-19-9-6-15-10-17(7-8-18(15)23-19)26-12-20(25)27-11-16-13-28-21(22-16)14-4-2-1-3-5-14/h1-5,7-8,10,13H,6,9,11-12H2,(H,23,24). The summed E-state index contributed by atoms with van der Waals surface area (Å²) in [5.74, 6) is 0.134. The Morgan fingerprint density at radius 3 is 2.86 bits per heavy atom. The van der Waals surface area contributed by atoms with E-state index in [1.165, 1.54) is 11.3 Å². The number of hydrogen-bond donors (Lipinski definition) is 1. The van der Waals surface area contributed by atoms with E-state index in [1.54, 1.807) is 12.1 Å². The molecule has 6 nitrogen and oxygen atoms in total. The van der Waals surface area contributed by atoms with Crippen LogP contribution in [-0.2, 0) is 27.4 Å². The number of amides is 1. The van der Waals surface area contributed by atoms with E-state index in [1.807, 2.05) is 41.8 Å². The van der Waals surface area contributed by atoms with E-state index in [-0.39, 0.29) is 19.1 Å². The van der Waals surface area contributed by atoms with Crippen LogP contribution in [0.2, 0.25) is 0 Å². The molecule has 142 valence electrons. The maximum atomic E-state index is 12.0. The Bertz CT molecular complexity index is 1000. The Morgan fingerprint density at radius 2 is 2.00 bits per heavy atom. The zero-order chi connectivity index (χ0) is 19.3.